The molecular formula is C19H26N2O3. The summed E-state index contributed by atoms with van der Waals surface area (Å²) in [6.45, 7) is 6.43. The van der Waals surface area contributed by atoms with Gasteiger partial charge in [-0.15, -0.1) is 0 Å². The van der Waals surface area contributed by atoms with Gasteiger partial charge in [0.15, 0.2) is 0 Å². The molecule has 0 radical (unpaired) electrons. The number of allylic oxidation sites excluding steroid dienone is 1. The zero-order valence-corrected chi connectivity index (χ0v) is 14.2. The van der Waals surface area contributed by atoms with Crippen LogP contribution in [0.2, 0.25) is 0 Å². The normalized spacial score (nSPS) is 17.2. The van der Waals surface area contributed by atoms with Gasteiger partial charge < -0.3 is 20.5 Å². The van der Waals surface area contributed by atoms with E-state index in [1.54, 1.807) is 0 Å². The highest BCUT2D eigenvalue weighted by molar-refractivity contribution is 5.77. The lowest BCUT2D eigenvalue weighted by Crippen LogP contribution is -2.40. The largest absolute Gasteiger partial charge is 0.477 e. The van der Waals surface area contributed by atoms with Crippen LogP contribution in [0.1, 0.15) is 32.6 Å². The van der Waals surface area contributed by atoms with Crippen molar-refractivity contribution in [3.05, 3.63) is 54.6 Å². The molecule has 5 nitrogen and oxygen atoms in total. The zero-order valence-electron chi connectivity index (χ0n) is 14.2. The highest BCUT2D eigenvalue weighted by atomic mass is 16.5. The van der Waals surface area contributed by atoms with Crippen LogP contribution in [0.15, 0.2) is 54.6 Å². The van der Waals surface area contributed by atoms with E-state index < -0.39 is 5.41 Å². The second-order valence-corrected chi connectivity index (χ2v) is 6.06. The molecule has 2 rings (SSSR count). The predicted molar refractivity (Wildman–Crippen MR) is 95.0 cm³/mol. The van der Waals surface area contributed by atoms with E-state index in [1.165, 1.54) is 11.8 Å². The monoisotopic (exact) mass is 330 g/mol. The van der Waals surface area contributed by atoms with Gasteiger partial charge in [-0.1, -0.05) is 30.4 Å². The number of carbonyl (C=O) groups excluding carboxylic acids is 1. The summed E-state index contributed by atoms with van der Waals surface area (Å²) in [6, 6.07) is 9.60. The van der Waals surface area contributed by atoms with Crippen molar-refractivity contribution in [2.75, 3.05) is 18.5 Å². The fourth-order valence-corrected chi connectivity index (χ4v) is 2.78. The SMILES string of the molecule is C=C1CCC(CO/C(=C/N)Nc2ccccc2)(C(=O)OCC)CC1. The summed E-state index contributed by atoms with van der Waals surface area (Å²) in [5, 5.41) is 3.11. The van der Waals surface area contributed by atoms with E-state index in [0.717, 1.165) is 18.5 Å². The number of para-hydroxylation sites is 1. The number of nitrogens with one attached hydrogen (secondary N) is 1. The maximum Gasteiger partial charge on any atom is 0.315 e. The van der Waals surface area contributed by atoms with E-state index in [0.29, 0.717) is 25.3 Å². The first kappa shape index (κ1) is 17.9. The number of ether oxygens (including phenoxy) is 2. The Morgan fingerprint density at radius 3 is 2.54 bits per heavy atom. The molecule has 3 N–H and O–H groups in total. The summed E-state index contributed by atoms with van der Waals surface area (Å²) in [5.74, 6) is 0.225. The molecular weight excluding hydrogens is 304 g/mol. The predicted octanol–water partition coefficient (Wildman–Crippen LogP) is 3.55. The van der Waals surface area contributed by atoms with Gasteiger partial charge in [-0.2, -0.15) is 0 Å². The fraction of sp³-hybridized carbons (Fsp3) is 0.421. The number of hydrogen-bond donors (Lipinski definition) is 2. The van der Waals surface area contributed by atoms with Gasteiger partial charge in [-0.25, -0.2) is 0 Å². The van der Waals surface area contributed by atoms with Gasteiger partial charge in [0, 0.05) is 5.69 Å². The van der Waals surface area contributed by atoms with Crippen LogP contribution in [-0.4, -0.2) is 19.2 Å². The molecule has 0 aliphatic heterocycles. The van der Waals surface area contributed by atoms with E-state index in [9.17, 15) is 4.79 Å². The number of esters is 1. The van der Waals surface area contributed by atoms with Gasteiger partial charge in [-0.3, -0.25) is 4.79 Å². The summed E-state index contributed by atoms with van der Waals surface area (Å²) in [5.41, 5.74) is 7.07. The third kappa shape index (κ3) is 4.54. The molecule has 0 amide bonds. The number of nitrogens with two attached hydrogens (primary N) is 1. The van der Waals surface area contributed by atoms with Crippen molar-refractivity contribution in [3.63, 3.8) is 0 Å². The smallest absolute Gasteiger partial charge is 0.315 e. The van der Waals surface area contributed by atoms with Gasteiger partial charge in [0.1, 0.15) is 12.0 Å². The number of hydrogen-bond acceptors (Lipinski definition) is 5. The van der Waals surface area contributed by atoms with Crippen LogP contribution in [0.5, 0.6) is 0 Å². The fourth-order valence-electron chi connectivity index (χ4n) is 2.78. The highest BCUT2D eigenvalue weighted by Crippen LogP contribution is 2.40. The van der Waals surface area contributed by atoms with Crippen LogP contribution < -0.4 is 11.1 Å². The first-order chi connectivity index (χ1) is 11.6. The van der Waals surface area contributed by atoms with Crippen LogP contribution >= 0.6 is 0 Å². The van der Waals surface area contributed by atoms with Crippen molar-refractivity contribution in [1.82, 2.24) is 0 Å². The Balaban J connectivity index is 2.03. The maximum atomic E-state index is 12.5. The number of benzene rings is 1. The van der Waals surface area contributed by atoms with Crippen molar-refractivity contribution in [2.24, 2.45) is 11.1 Å². The first-order valence-corrected chi connectivity index (χ1v) is 8.30. The highest BCUT2D eigenvalue weighted by Gasteiger charge is 2.42. The Morgan fingerprint density at radius 2 is 1.96 bits per heavy atom. The lowest BCUT2D eigenvalue weighted by atomic mass is 9.73. The lowest BCUT2D eigenvalue weighted by molar-refractivity contribution is -0.160. The van der Waals surface area contributed by atoms with Crippen LogP contribution in [-0.2, 0) is 14.3 Å². The zero-order chi connectivity index (χ0) is 17.4. The lowest BCUT2D eigenvalue weighted by Gasteiger charge is -2.35. The molecule has 0 spiro atoms. The van der Waals surface area contributed by atoms with Crippen LogP contribution in [0.25, 0.3) is 0 Å². The van der Waals surface area contributed by atoms with Gasteiger partial charge in [0.25, 0.3) is 0 Å². The molecule has 1 saturated carbocycles. The third-order valence-corrected chi connectivity index (χ3v) is 4.32. The molecule has 0 heterocycles. The quantitative estimate of drug-likeness (QED) is 0.454. The molecule has 5 heteroatoms. The minimum atomic E-state index is -0.635. The molecule has 0 aromatic heterocycles. The average molecular weight is 330 g/mol. The third-order valence-electron chi connectivity index (χ3n) is 4.32. The van der Waals surface area contributed by atoms with Crippen molar-refractivity contribution in [2.45, 2.75) is 32.6 Å². The standard InChI is InChI=1S/C19H26N2O3/c1-3-23-18(22)19(11-9-15(2)10-12-19)14-24-17(13-20)21-16-7-5-4-6-8-16/h4-8,13,21H,2-3,9-12,14,20H2,1H3/b17-13+. The van der Waals surface area contributed by atoms with E-state index in [2.05, 4.69) is 11.9 Å². The second kappa shape index (κ2) is 8.43. The Kier molecular flexibility index (Phi) is 6.29. The molecule has 0 atom stereocenters. The molecule has 0 unspecified atom stereocenters. The first-order valence-electron chi connectivity index (χ1n) is 8.30. The van der Waals surface area contributed by atoms with Crippen LogP contribution in [0.4, 0.5) is 5.69 Å². The molecule has 24 heavy (non-hydrogen) atoms. The Morgan fingerprint density at radius 1 is 1.29 bits per heavy atom. The molecule has 1 aliphatic carbocycles. The molecule has 0 bridgehead atoms. The van der Waals surface area contributed by atoms with Crippen molar-refractivity contribution in [1.29, 1.82) is 0 Å². The van der Waals surface area contributed by atoms with Gasteiger partial charge in [-0.05, 0) is 44.7 Å². The summed E-state index contributed by atoms with van der Waals surface area (Å²) in [6.07, 6.45) is 4.38. The Labute approximate surface area is 143 Å². The van der Waals surface area contributed by atoms with Crippen LogP contribution in [0, 0.1) is 5.41 Å². The van der Waals surface area contributed by atoms with Crippen molar-refractivity contribution >= 4 is 11.7 Å². The molecule has 130 valence electrons. The molecule has 1 aromatic rings. The summed E-state index contributed by atoms with van der Waals surface area (Å²) < 4.78 is 11.1. The van der Waals surface area contributed by atoms with E-state index >= 15 is 0 Å². The molecule has 1 fully saturated rings. The average Bonchev–Trinajstić information content (AvgIpc) is 2.61. The Bertz CT molecular complexity index is 586. The van der Waals surface area contributed by atoms with E-state index in [-0.39, 0.29) is 12.6 Å². The Hall–Kier alpha value is -2.43. The minimum Gasteiger partial charge on any atom is -0.477 e. The summed E-state index contributed by atoms with van der Waals surface area (Å²) in [7, 11) is 0. The van der Waals surface area contributed by atoms with Crippen molar-refractivity contribution in [3.8, 4) is 0 Å². The molecule has 0 saturated heterocycles. The minimum absolute atomic E-state index is 0.200. The van der Waals surface area contributed by atoms with Crippen molar-refractivity contribution < 1.29 is 14.3 Å². The maximum absolute atomic E-state index is 12.5. The summed E-state index contributed by atoms with van der Waals surface area (Å²) >= 11 is 0. The second-order valence-electron chi connectivity index (χ2n) is 6.06. The van der Waals surface area contributed by atoms with Gasteiger partial charge in [0.05, 0.1) is 12.8 Å². The topological polar surface area (TPSA) is 73.6 Å². The number of anilines is 1. The van der Waals surface area contributed by atoms with E-state index in [4.69, 9.17) is 15.2 Å². The van der Waals surface area contributed by atoms with Gasteiger partial charge >= 0.3 is 5.97 Å². The number of carbonyl (C=O) groups is 1. The van der Waals surface area contributed by atoms with Crippen LogP contribution in [0.3, 0.4) is 0 Å². The van der Waals surface area contributed by atoms with E-state index in [1.807, 2.05) is 37.3 Å². The molecule has 1 aliphatic rings. The number of rotatable bonds is 7. The summed E-state index contributed by atoms with van der Waals surface area (Å²) in [4.78, 5) is 12.5. The van der Waals surface area contributed by atoms with Gasteiger partial charge in [0.2, 0.25) is 5.88 Å². The molecule has 1 aromatic carbocycles.